The fourth-order valence-corrected chi connectivity index (χ4v) is 3.15. The minimum Gasteiger partial charge on any atom is -0.447 e. The van der Waals surface area contributed by atoms with Crippen LogP contribution in [0.4, 0.5) is 10.6 Å². The average Bonchev–Trinajstić information content (AvgIpc) is 3.09. The lowest BCUT2D eigenvalue weighted by atomic mass is 10.4. The first-order valence-corrected chi connectivity index (χ1v) is 9.25. The Morgan fingerprint density at radius 3 is 2.96 bits per heavy atom. The number of ether oxygens (including phenoxy) is 1. The Morgan fingerprint density at radius 1 is 1.40 bits per heavy atom. The Balaban J connectivity index is 1.70. The van der Waals surface area contributed by atoms with Crippen LogP contribution in [0.5, 0.6) is 0 Å². The highest BCUT2D eigenvalue weighted by molar-refractivity contribution is 8.76. The van der Waals surface area contributed by atoms with Crippen LogP contribution in [0.1, 0.15) is 10.5 Å². The molecule has 2 aromatic heterocycles. The lowest BCUT2D eigenvalue weighted by Crippen LogP contribution is -2.22. The van der Waals surface area contributed by atoms with Crippen molar-refractivity contribution in [1.82, 2.24) is 20.0 Å². The van der Waals surface area contributed by atoms with Crippen LogP contribution in [0.15, 0.2) is 46.1 Å². The SMILES string of the molecule is CN(/N=N/c1nc[nH]c1C(N)=O)C(=O)OCCSSc1ccccn1. The number of nitrogens with one attached hydrogen (secondary N) is 1. The second kappa shape index (κ2) is 9.64. The van der Waals surface area contributed by atoms with Crippen LogP contribution in [-0.4, -0.2) is 51.4 Å². The maximum Gasteiger partial charge on any atom is 0.431 e. The fraction of sp³-hybridized carbons (Fsp3) is 0.231. The van der Waals surface area contributed by atoms with E-state index in [1.807, 2.05) is 18.2 Å². The Labute approximate surface area is 151 Å². The van der Waals surface area contributed by atoms with E-state index in [2.05, 4.69) is 25.3 Å². The van der Waals surface area contributed by atoms with Gasteiger partial charge in [0.2, 0.25) is 5.82 Å². The van der Waals surface area contributed by atoms with Crippen LogP contribution in [0, 0.1) is 0 Å². The van der Waals surface area contributed by atoms with Gasteiger partial charge in [-0.15, -0.1) is 5.11 Å². The second-order valence-electron chi connectivity index (χ2n) is 4.37. The third kappa shape index (κ3) is 6.08. The number of nitrogens with zero attached hydrogens (tertiary/aromatic N) is 5. The molecule has 2 rings (SSSR count). The van der Waals surface area contributed by atoms with Gasteiger partial charge in [-0.3, -0.25) is 4.79 Å². The van der Waals surface area contributed by atoms with E-state index < -0.39 is 12.0 Å². The van der Waals surface area contributed by atoms with Crippen LogP contribution in [0.25, 0.3) is 0 Å². The van der Waals surface area contributed by atoms with Crippen molar-refractivity contribution < 1.29 is 14.3 Å². The summed E-state index contributed by atoms with van der Waals surface area (Å²) in [5.41, 5.74) is 5.14. The molecule has 25 heavy (non-hydrogen) atoms. The maximum atomic E-state index is 11.8. The molecule has 12 heteroatoms. The second-order valence-corrected chi connectivity index (χ2v) is 6.80. The number of rotatable bonds is 8. The first-order chi connectivity index (χ1) is 12.1. The summed E-state index contributed by atoms with van der Waals surface area (Å²) in [6.45, 7) is 0.206. The summed E-state index contributed by atoms with van der Waals surface area (Å²) in [6.07, 6.45) is 2.29. The van der Waals surface area contributed by atoms with Crippen molar-refractivity contribution in [3.63, 3.8) is 0 Å². The molecule has 0 aliphatic carbocycles. The number of primary amides is 1. The average molecular weight is 381 g/mol. The first kappa shape index (κ1) is 18.7. The summed E-state index contributed by atoms with van der Waals surface area (Å²) in [5, 5.41) is 9.09. The summed E-state index contributed by atoms with van der Waals surface area (Å²) < 4.78 is 5.05. The molecule has 2 heterocycles. The quantitative estimate of drug-likeness (QED) is 0.310. The highest BCUT2D eigenvalue weighted by Crippen LogP contribution is 2.28. The van der Waals surface area contributed by atoms with Gasteiger partial charge in [0.25, 0.3) is 5.91 Å². The van der Waals surface area contributed by atoms with Crippen molar-refractivity contribution in [3.05, 3.63) is 36.4 Å². The number of pyridine rings is 1. The Morgan fingerprint density at radius 2 is 2.24 bits per heavy atom. The van der Waals surface area contributed by atoms with Gasteiger partial charge in [0.05, 0.1) is 6.33 Å². The summed E-state index contributed by atoms with van der Waals surface area (Å²) in [6, 6.07) is 5.64. The number of hydrogen-bond donors (Lipinski definition) is 2. The Bertz CT molecular complexity index is 738. The molecule has 0 atom stereocenters. The highest BCUT2D eigenvalue weighted by atomic mass is 33.1. The molecule has 0 spiro atoms. The van der Waals surface area contributed by atoms with E-state index in [1.54, 1.807) is 6.20 Å². The van der Waals surface area contributed by atoms with Crippen molar-refractivity contribution in [2.24, 2.45) is 16.1 Å². The van der Waals surface area contributed by atoms with Crippen LogP contribution < -0.4 is 5.73 Å². The molecule has 0 unspecified atom stereocenters. The predicted molar refractivity (Wildman–Crippen MR) is 93.3 cm³/mol. The van der Waals surface area contributed by atoms with Gasteiger partial charge in [0.15, 0.2) is 5.69 Å². The van der Waals surface area contributed by atoms with E-state index >= 15 is 0 Å². The predicted octanol–water partition coefficient (Wildman–Crippen LogP) is 2.41. The molecule has 0 bridgehead atoms. The molecule has 0 saturated carbocycles. The summed E-state index contributed by atoms with van der Waals surface area (Å²) in [5.74, 6) is -0.142. The van der Waals surface area contributed by atoms with Crippen LogP contribution >= 0.6 is 21.6 Å². The highest BCUT2D eigenvalue weighted by Gasteiger charge is 2.12. The molecule has 2 amide bonds. The lowest BCUT2D eigenvalue weighted by Gasteiger charge is -2.09. The van der Waals surface area contributed by atoms with E-state index in [9.17, 15) is 9.59 Å². The monoisotopic (exact) mass is 381 g/mol. The number of H-pyrrole nitrogens is 1. The molecule has 2 aromatic rings. The number of amides is 2. The van der Waals surface area contributed by atoms with E-state index in [0.29, 0.717) is 5.75 Å². The number of carbonyl (C=O) groups excluding carboxylic acids is 2. The number of imidazole rings is 1. The third-order valence-corrected chi connectivity index (χ3v) is 4.81. The molecular formula is C13H15N7O3S2. The van der Waals surface area contributed by atoms with Crippen LogP contribution in [0.3, 0.4) is 0 Å². The van der Waals surface area contributed by atoms with Crippen LogP contribution in [0.2, 0.25) is 0 Å². The van der Waals surface area contributed by atoms with Crippen molar-refractivity contribution in [2.75, 3.05) is 19.4 Å². The topological polar surface area (TPSA) is 139 Å². The number of aromatic amines is 1. The van der Waals surface area contributed by atoms with E-state index in [-0.39, 0.29) is 18.1 Å². The normalized spacial score (nSPS) is 10.8. The zero-order valence-electron chi connectivity index (χ0n) is 13.2. The van der Waals surface area contributed by atoms with Crippen molar-refractivity contribution in [1.29, 1.82) is 0 Å². The van der Waals surface area contributed by atoms with Gasteiger partial charge in [-0.2, -0.15) is 5.01 Å². The summed E-state index contributed by atoms with van der Waals surface area (Å²) in [7, 11) is 4.39. The van der Waals surface area contributed by atoms with Gasteiger partial charge < -0.3 is 15.5 Å². The molecule has 0 aliphatic rings. The van der Waals surface area contributed by atoms with Crippen molar-refractivity contribution in [3.8, 4) is 0 Å². The van der Waals surface area contributed by atoms with Gasteiger partial charge in [-0.1, -0.05) is 22.1 Å². The van der Waals surface area contributed by atoms with Gasteiger partial charge in [-0.25, -0.2) is 14.8 Å². The molecule has 0 radical (unpaired) electrons. The zero-order valence-corrected chi connectivity index (χ0v) is 14.8. The number of aromatic nitrogens is 3. The van der Waals surface area contributed by atoms with Crippen LogP contribution in [-0.2, 0) is 4.74 Å². The first-order valence-electron chi connectivity index (χ1n) is 6.93. The smallest absolute Gasteiger partial charge is 0.431 e. The molecule has 0 saturated heterocycles. The van der Waals surface area contributed by atoms with Gasteiger partial charge in [0.1, 0.15) is 11.6 Å². The largest absolute Gasteiger partial charge is 0.447 e. The third-order valence-electron chi connectivity index (χ3n) is 2.58. The molecule has 0 fully saturated rings. The van der Waals surface area contributed by atoms with Gasteiger partial charge in [-0.05, 0) is 22.9 Å². The number of nitrogens with two attached hydrogens (primary N) is 1. The molecule has 10 nitrogen and oxygen atoms in total. The zero-order chi connectivity index (χ0) is 18.1. The minimum absolute atomic E-state index is 0.00512. The van der Waals surface area contributed by atoms with E-state index in [1.165, 1.54) is 35.0 Å². The van der Waals surface area contributed by atoms with Gasteiger partial charge >= 0.3 is 6.09 Å². The number of carbonyl (C=O) groups is 2. The molecule has 0 aliphatic heterocycles. The molecule has 0 aromatic carbocycles. The van der Waals surface area contributed by atoms with E-state index in [0.717, 1.165) is 10.0 Å². The fourth-order valence-electron chi connectivity index (χ4n) is 1.45. The maximum absolute atomic E-state index is 11.8. The lowest BCUT2D eigenvalue weighted by molar-refractivity contribution is 0.0996. The van der Waals surface area contributed by atoms with Crippen molar-refractivity contribution in [2.45, 2.75) is 5.03 Å². The minimum atomic E-state index is -0.723. The molecule has 3 N–H and O–H groups in total. The summed E-state index contributed by atoms with van der Waals surface area (Å²) >= 11 is 0. The molecule has 132 valence electrons. The Hall–Kier alpha value is -2.60. The van der Waals surface area contributed by atoms with Crippen molar-refractivity contribution >= 4 is 39.4 Å². The standard InChI is InChI=1S/C13H15N7O3S2/c1-20(19-18-12-10(11(14)21)16-8-17-12)13(22)23-6-7-24-25-9-4-2-3-5-15-9/h2-5,8H,6-7H2,1H3,(H2,14,21)(H,16,17)/b19-18+. The van der Waals surface area contributed by atoms with E-state index in [4.69, 9.17) is 10.5 Å². The van der Waals surface area contributed by atoms with Gasteiger partial charge in [0, 0.05) is 19.0 Å². The Kier molecular flexibility index (Phi) is 7.22. The number of hydrogen-bond acceptors (Lipinski definition) is 9. The molecular weight excluding hydrogens is 366 g/mol. The summed E-state index contributed by atoms with van der Waals surface area (Å²) in [4.78, 5) is 33.3.